The zero-order chi connectivity index (χ0) is 13.9. The van der Waals surface area contributed by atoms with Gasteiger partial charge >= 0.3 is 0 Å². The number of rotatable bonds is 4. The van der Waals surface area contributed by atoms with Gasteiger partial charge in [-0.05, 0) is 18.9 Å². The molecular formula is C12H18N2O4S. The summed E-state index contributed by atoms with van der Waals surface area (Å²) in [5.74, 6) is -0.0406. The molecule has 0 saturated carbocycles. The molecule has 2 N–H and O–H groups in total. The molecule has 1 aromatic rings. The molecule has 106 valence electrons. The first kappa shape index (κ1) is 14.1. The van der Waals surface area contributed by atoms with E-state index in [2.05, 4.69) is 0 Å². The normalized spacial score (nSPS) is 17.5. The van der Waals surface area contributed by atoms with E-state index in [4.69, 9.17) is 10.5 Å². The van der Waals surface area contributed by atoms with Crippen molar-refractivity contribution in [3.63, 3.8) is 0 Å². The molecule has 0 aliphatic carbocycles. The molecule has 0 unspecified atom stereocenters. The van der Waals surface area contributed by atoms with Crippen LogP contribution in [-0.4, -0.2) is 37.2 Å². The molecule has 1 aliphatic rings. The molecule has 7 heteroatoms. The number of hydrogen-bond donors (Lipinski definition) is 1. The van der Waals surface area contributed by atoms with Crippen molar-refractivity contribution in [3.8, 4) is 0 Å². The molecule has 2 heterocycles. The van der Waals surface area contributed by atoms with E-state index < -0.39 is 9.84 Å². The number of nitrogens with two attached hydrogens (primary N) is 1. The number of aryl methyl sites for hydroxylation is 1. The second kappa shape index (κ2) is 5.75. The van der Waals surface area contributed by atoms with Crippen molar-refractivity contribution in [2.45, 2.75) is 24.6 Å². The van der Waals surface area contributed by atoms with Crippen molar-refractivity contribution in [3.05, 3.63) is 28.7 Å². The van der Waals surface area contributed by atoms with Crippen LogP contribution in [0.1, 0.15) is 12.8 Å². The van der Waals surface area contributed by atoms with Crippen LogP contribution in [0.4, 0.5) is 5.69 Å². The summed E-state index contributed by atoms with van der Waals surface area (Å²) in [6.45, 7) is 1.12. The Morgan fingerprint density at radius 3 is 2.68 bits per heavy atom. The zero-order valence-corrected chi connectivity index (χ0v) is 11.4. The highest BCUT2D eigenvalue weighted by molar-refractivity contribution is 7.92. The number of pyridine rings is 1. The Morgan fingerprint density at radius 2 is 2.00 bits per heavy atom. The third-order valence-electron chi connectivity index (χ3n) is 3.30. The molecule has 0 amide bonds. The van der Waals surface area contributed by atoms with Crippen molar-refractivity contribution < 1.29 is 13.2 Å². The standard InChI is InChI=1S/C12H18N2O4S/c13-10-1-2-12(15)14(9-10)5-8-19(16,17)11-3-6-18-7-4-11/h1-2,9,11H,3-8,13H2. The smallest absolute Gasteiger partial charge is 0.250 e. The molecule has 0 spiro atoms. The number of nitrogens with zero attached hydrogens (tertiary/aromatic N) is 1. The summed E-state index contributed by atoms with van der Waals surface area (Å²) in [4.78, 5) is 11.6. The predicted molar refractivity (Wildman–Crippen MR) is 72.7 cm³/mol. The molecule has 1 saturated heterocycles. The van der Waals surface area contributed by atoms with Gasteiger partial charge in [-0.1, -0.05) is 0 Å². The summed E-state index contributed by atoms with van der Waals surface area (Å²) in [7, 11) is -3.19. The van der Waals surface area contributed by atoms with Crippen molar-refractivity contribution in [1.82, 2.24) is 4.57 Å². The van der Waals surface area contributed by atoms with E-state index in [-0.39, 0.29) is 23.1 Å². The minimum Gasteiger partial charge on any atom is -0.398 e. The van der Waals surface area contributed by atoms with E-state index in [9.17, 15) is 13.2 Å². The van der Waals surface area contributed by atoms with Gasteiger partial charge < -0.3 is 15.0 Å². The molecule has 1 aliphatic heterocycles. The second-order valence-corrected chi connectivity index (χ2v) is 7.07. The first-order valence-electron chi connectivity index (χ1n) is 6.24. The highest BCUT2D eigenvalue weighted by Gasteiger charge is 2.27. The van der Waals surface area contributed by atoms with Crippen LogP contribution in [0, 0.1) is 0 Å². The highest BCUT2D eigenvalue weighted by atomic mass is 32.2. The third kappa shape index (κ3) is 3.57. The molecule has 2 rings (SSSR count). The van der Waals surface area contributed by atoms with Gasteiger partial charge in [-0.25, -0.2) is 8.42 Å². The van der Waals surface area contributed by atoms with Crippen molar-refractivity contribution in [2.75, 3.05) is 24.7 Å². The van der Waals surface area contributed by atoms with E-state index in [0.29, 0.717) is 31.7 Å². The van der Waals surface area contributed by atoms with Crippen molar-refractivity contribution in [1.29, 1.82) is 0 Å². The summed E-state index contributed by atoms with van der Waals surface area (Å²) in [5.41, 5.74) is 5.79. The minimum absolute atomic E-state index is 0.0406. The average molecular weight is 286 g/mol. The first-order chi connectivity index (χ1) is 8.99. The van der Waals surface area contributed by atoms with Gasteiger partial charge in [0.1, 0.15) is 0 Å². The minimum atomic E-state index is -3.19. The maximum absolute atomic E-state index is 12.2. The topological polar surface area (TPSA) is 91.4 Å². The number of nitrogen functional groups attached to an aromatic ring is 1. The average Bonchev–Trinajstić information content (AvgIpc) is 2.41. The van der Waals surface area contributed by atoms with Crippen LogP contribution in [-0.2, 0) is 21.1 Å². The van der Waals surface area contributed by atoms with Crippen LogP contribution >= 0.6 is 0 Å². The largest absolute Gasteiger partial charge is 0.398 e. The van der Waals surface area contributed by atoms with E-state index in [1.54, 1.807) is 0 Å². The Morgan fingerprint density at radius 1 is 1.32 bits per heavy atom. The molecule has 0 aromatic carbocycles. The lowest BCUT2D eigenvalue weighted by molar-refractivity contribution is 0.0983. The van der Waals surface area contributed by atoms with Gasteiger partial charge in [-0.2, -0.15) is 0 Å². The highest BCUT2D eigenvalue weighted by Crippen LogP contribution is 2.16. The molecule has 1 fully saturated rings. The molecule has 0 bridgehead atoms. The molecule has 0 radical (unpaired) electrons. The van der Waals surface area contributed by atoms with Crippen molar-refractivity contribution >= 4 is 15.5 Å². The summed E-state index contributed by atoms with van der Waals surface area (Å²) >= 11 is 0. The van der Waals surface area contributed by atoms with Gasteiger partial charge in [0.05, 0.1) is 11.0 Å². The molecule has 6 nitrogen and oxygen atoms in total. The number of ether oxygens (including phenoxy) is 1. The summed E-state index contributed by atoms with van der Waals surface area (Å²) in [5, 5.41) is -0.349. The molecule has 1 aromatic heterocycles. The monoisotopic (exact) mass is 286 g/mol. The van der Waals surface area contributed by atoms with Gasteiger partial charge in [-0.15, -0.1) is 0 Å². The van der Waals surface area contributed by atoms with Crippen LogP contribution in [0.3, 0.4) is 0 Å². The van der Waals surface area contributed by atoms with E-state index in [1.807, 2.05) is 0 Å². The fourth-order valence-corrected chi connectivity index (χ4v) is 3.85. The van der Waals surface area contributed by atoms with Gasteiger partial charge in [0.15, 0.2) is 9.84 Å². The number of hydrogen-bond acceptors (Lipinski definition) is 5. The fourth-order valence-electron chi connectivity index (χ4n) is 2.15. The second-order valence-electron chi connectivity index (χ2n) is 4.67. The summed E-state index contributed by atoms with van der Waals surface area (Å²) < 4.78 is 30.8. The Kier molecular flexibility index (Phi) is 4.26. The lowest BCUT2D eigenvalue weighted by Gasteiger charge is -2.22. The summed E-state index contributed by atoms with van der Waals surface area (Å²) in [6.07, 6.45) is 2.55. The third-order valence-corrected chi connectivity index (χ3v) is 5.54. The van der Waals surface area contributed by atoms with Crippen LogP contribution in [0.5, 0.6) is 0 Å². The van der Waals surface area contributed by atoms with E-state index in [0.717, 1.165) is 0 Å². The Hall–Kier alpha value is -1.34. The Labute approximate surface area is 112 Å². The zero-order valence-electron chi connectivity index (χ0n) is 10.6. The van der Waals surface area contributed by atoms with Crippen LogP contribution in [0.25, 0.3) is 0 Å². The fraction of sp³-hybridized carbons (Fsp3) is 0.583. The summed E-state index contributed by atoms with van der Waals surface area (Å²) in [6, 6.07) is 2.85. The maximum atomic E-state index is 12.2. The lowest BCUT2D eigenvalue weighted by Crippen LogP contribution is -2.33. The predicted octanol–water partition coefficient (Wildman–Crippen LogP) is 0.0243. The number of aromatic nitrogens is 1. The lowest BCUT2D eigenvalue weighted by atomic mass is 10.2. The van der Waals surface area contributed by atoms with Gasteiger partial charge in [0, 0.05) is 37.7 Å². The SMILES string of the molecule is Nc1ccc(=O)n(CCS(=O)(=O)C2CCOCC2)c1. The van der Waals surface area contributed by atoms with E-state index >= 15 is 0 Å². The first-order valence-corrected chi connectivity index (χ1v) is 7.96. The Balaban J connectivity index is 2.04. The van der Waals surface area contributed by atoms with Crippen LogP contribution < -0.4 is 11.3 Å². The van der Waals surface area contributed by atoms with Gasteiger partial charge in [0.25, 0.3) is 5.56 Å². The number of anilines is 1. The van der Waals surface area contributed by atoms with E-state index in [1.165, 1.54) is 22.9 Å². The van der Waals surface area contributed by atoms with Crippen molar-refractivity contribution in [2.24, 2.45) is 0 Å². The van der Waals surface area contributed by atoms with Crippen LogP contribution in [0.2, 0.25) is 0 Å². The quantitative estimate of drug-likeness (QED) is 0.843. The maximum Gasteiger partial charge on any atom is 0.250 e. The van der Waals surface area contributed by atoms with Crippen LogP contribution in [0.15, 0.2) is 23.1 Å². The van der Waals surface area contributed by atoms with Gasteiger partial charge in [-0.3, -0.25) is 4.79 Å². The number of sulfone groups is 1. The van der Waals surface area contributed by atoms with Gasteiger partial charge in [0.2, 0.25) is 0 Å². The molecule has 0 atom stereocenters. The molecular weight excluding hydrogens is 268 g/mol. The molecule has 19 heavy (non-hydrogen) atoms. The Bertz CT molecular complexity index is 588.